The van der Waals surface area contributed by atoms with Crippen LogP contribution in [0.15, 0.2) is 36.7 Å². The number of amides is 1. The molecule has 0 radical (unpaired) electrons. The van der Waals surface area contributed by atoms with Gasteiger partial charge >= 0.3 is 0 Å². The molecule has 1 aromatic carbocycles. The van der Waals surface area contributed by atoms with Crippen LogP contribution in [0, 0.1) is 6.92 Å². The van der Waals surface area contributed by atoms with E-state index in [0.717, 1.165) is 17.1 Å². The molecule has 0 saturated heterocycles. The van der Waals surface area contributed by atoms with E-state index < -0.39 is 0 Å². The first-order chi connectivity index (χ1) is 10.2. The number of para-hydroxylation sites is 1. The van der Waals surface area contributed by atoms with E-state index in [2.05, 4.69) is 15.3 Å². The fourth-order valence-corrected chi connectivity index (χ4v) is 2.03. The largest absolute Gasteiger partial charge is 0.493 e. The first kappa shape index (κ1) is 15.1. The van der Waals surface area contributed by atoms with Gasteiger partial charge in [-0.2, -0.15) is 0 Å². The Morgan fingerprint density at radius 3 is 2.95 bits per heavy atom. The second kappa shape index (κ2) is 7.47. The number of benzene rings is 1. The Kier molecular flexibility index (Phi) is 5.37. The summed E-state index contributed by atoms with van der Waals surface area (Å²) in [6.07, 6.45) is 4.55. The monoisotopic (exact) mass is 287 g/mol. The summed E-state index contributed by atoms with van der Waals surface area (Å²) in [7, 11) is 0. The molecule has 1 heterocycles. The zero-order valence-corrected chi connectivity index (χ0v) is 12.4. The molecule has 0 aliphatic rings. The normalized spacial score (nSPS) is 11.9. The van der Waals surface area contributed by atoms with Crippen molar-refractivity contribution in [1.29, 1.82) is 0 Å². The molecule has 112 valence electrons. The van der Waals surface area contributed by atoms with Gasteiger partial charge in [0.15, 0.2) is 0 Å². The first-order valence-corrected chi connectivity index (χ1v) is 7.14. The molecule has 2 rings (SSSR count). The van der Waals surface area contributed by atoms with E-state index in [1.54, 1.807) is 12.4 Å². The molecule has 0 fully saturated rings. The van der Waals surface area contributed by atoms with Gasteiger partial charge < -0.3 is 15.0 Å². The highest BCUT2D eigenvalue weighted by Crippen LogP contribution is 2.16. The van der Waals surface area contributed by atoms with Gasteiger partial charge in [0.1, 0.15) is 11.6 Å². The van der Waals surface area contributed by atoms with Gasteiger partial charge in [-0.25, -0.2) is 4.98 Å². The summed E-state index contributed by atoms with van der Waals surface area (Å²) in [5.74, 6) is 1.65. The summed E-state index contributed by atoms with van der Waals surface area (Å²) in [5, 5.41) is 2.90. The van der Waals surface area contributed by atoms with Crippen molar-refractivity contribution in [3.63, 3.8) is 0 Å². The molecule has 0 saturated carbocycles. The molecular formula is C16H21N3O2. The number of carbonyl (C=O) groups is 1. The fourth-order valence-electron chi connectivity index (χ4n) is 2.03. The molecule has 2 aromatic rings. The number of hydrogen-bond acceptors (Lipinski definition) is 3. The van der Waals surface area contributed by atoms with E-state index in [9.17, 15) is 4.79 Å². The van der Waals surface area contributed by atoms with Crippen LogP contribution >= 0.6 is 0 Å². The first-order valence-electron chi connectivity index (χ1n) is 7.14. The number of nitrogens with one attached hydrogen (secondary N) is 2. The van der Waals surface area contributed by atoms with Crippen LogP contribution in [0.2, 0.25) is 0 Å². The van der Waals surface area contributed by atoms with Crippen molar-refractivity contribution in [2.24, 2.45) is 0 Å². The van der Waals surface area contributed by atoms with Gasteiger partial charge in [0.2, 0.25) is 5.91 Å². The maximum Gasteiger partial charge on any atom is 0.220 e. The third kappa shape index (κ3) is 4.63. The predicted octanol–water partition coefficient (Wildman–Crippen LogP) is 2.75. The quantitative estimate of drug-likeness (QED) is 0.769. The van der Waals surface area contributed by atoms with Crippen LogP contribution in [0.5, 0.6) is 5.75 Å². The topological polar surface area (TPSA) is 67.0 Å². The summed E-state index contributed by atoms with van der Waals surface area (Å²) < 4.78 is 5.67. The van der Waals surface area contributed by atoms with Gasteiger partial charge in [0.05, 0.1) is 12.6 Å². The lowest BCUT2D eigenvalue weighted by atomic mass is 10.2. The average Bonchev–Trinajstić information content (AvgIpc) is 2.99. The number of carbonyl (C=O) groups excluding carboxylic acids is 1. The summed E-state index contributed by atoms with van der Waals surface area (Å²) in [4.78, 5) is 18.9. The third-order valence-electron chi connectivity index (χ3n) is 3.21. The molecule has 1 amide bonds. The fraction of sp³-hybridized carbons (Fsp3) is 0.375. The van der Waals surface area contributed by atoms with Gasteiger partial charge in [-0.05, 0) is 31.9 Å². The summed E-state index contributed by atoms with van der Waals surface area (Å²) in [5.41, 5.74) is 1.10. The third-order valence-corrected chi connectivity index (χ3v) is 3.21. The van der Waals surface area contributed by atoms with E-state index in [-0.39, 0.29) is 11.9 Å². The Morgan fingerprint density at radius 2 is 2.24 bits per heavy atom. The molecule has 0 spiro atoms. The molecule has 5 nitrogen and oxygen atoms in total. The van der Waals surface area contributed by atoms with Crippen molar-refractivity contribution in [1.82, 2.24) is 15.3 Å². The van der Waals surface area contributed by atoms with Crippen molar-refractivity contribution in [2.45, 2.75) is 32.7 Å². The number of ether oxygens (including phenoxy) is 1. The number of hydrogen-bond donors (Lipinski definition) is 2. The van der Waals surface area contributed by atoms with Crippen molar-refractivity contribution < 1.29 is 9.53 Å². The Labute approximate surface area is 124 Å². The van der Waals surface area contributed by atoms with E-state index >= 15 is 0 Å². The highest BCUT2D eigenvalue weighted by Gasteiger charge is 2.10. The maximum absolute atomic E-state index is 11.8. The smallest absolute Gasteiger partial charge is 0.220 e. The number of aryl methyl sites for hydroxylation is 1. The number of H-pyrrole nitrogens is 1. The van der Waals surface area contributed by atoms with E-state index in [0.29, 0.717) is 19.4 Å². The summed E-state index contributed by atoms with van der Waals surface area (Å²) in [6.45, 7) is 4.45. The lowest BCUT2D eigenvalue weighted by molar-refractivity contribution is -0.122. The van der Waals surface area contributed by atoms with E-state index in [4.69, 9.17) is 4.74 Å². The Bertz CT molecular complexity index is 567. The van der Waals surface area contributed by atoms with Gasteiger partial charge in [0.25, 0.3) is 0 Å². The zero-order chi connectivity index (χ0) is 15.1. The van der Waals surface area contributed by atoms with Crippen molar-refractivity contribution in [2.75, 3.05) is 6.61 Å². The van der Waals surface area contributed by atoms with Gasteiger partial charge in [-0.3, -0.25) is 4.79 Å². The minimum absolute atomic E-state index is 0.00674. The van der Waals surface area contributed by atoms with Crippen molar-refractivity contribution in [3.05, 3.63) is 48.0 Å². The van der Waals surface area contributed by atoms with Gasteiger partial charge in [-0.1, -0.05) is 18.2 Å². The van der Waals surface area contributed by atoms with E-state index in [1.165, 1.54) is 0 Å². The second-order valence-electron chi connectivity index (χ2n) is 4.98. The Morgan fingerprint density at radius 1 is 1.43 bits per heavy atom. The number of nitrogens with zero attached hydrogens (tertiary/aromatic N) is 1. The maximum atomic E-state index is 11.8. The Hall–Kier alpha value is -2.30. The van der Waals surface area contributed by atoms with Crippen LogP contribution in [0.3, 0.4) is 0 Å². The van der Waals surface area contributed by atoms with Crippen LogP contribution < -0.4 is 10.1 Å². The molecule has 1 atom stereocenters. The zero-order valence-electron chi connectivity index (χ0n) is 12.4. The van der Waals surface area contributed by atoms with Crippen LogP contribution in [-0.2, 0) is 4.79 Å². The second-order valence-corrected chi connectivity index (χ2v) is 4.98. The van der Waals surface area contributed by atoms with Crippen LogP contribution in [0.25, 0.3) is 0 Å². The summed E-state index contributed by atoms with van der Waals surface area (Å²) >= 11 is 0. The number of imidazole rings is 1. The molecular weight excluding hydrogens is 266 g/mol. The average molecular weight is 287 g/mol. The van der Waals surface area contributed by atoms with Gasteiger partial charge in [0, 0.05) is 18.8 Å². The lowest BCUT2D eigenvalue weighted by Crippen LogP contribution is -2.27. The Balaban J connectivity index is 1.67. The standard InChI is InChI=1S/C16H21N3O2/c1-12-6-3-4-7-14(12)21-11-5-8-15(20)19-13(2)16-17-9-10-18-16/h3-4,6-7,9-10,13H,5,8,11H2,1-2H3,(H,17,18)(H,19,20). The molecule has 0 aliphatic carbocycles. The highest BCUT2D eigenvalue weighted by atomic mass is 16.5. The van der Waals surface area contributed by atoms with Crippen LogP contribution in [-0.4, -0.2) is 22.5 Å². The number of rotatable bonds is 7. The van der Waals surface area contributed by atoms with Gasteiger partial charge in [-0.15, -0.1) is 0 Å². The molecule has 21 heavy (non-hydrogen) atoms. The van der Waals surface area contributed by atoms with Crippen LogP contribution in [0.1, 0.15) is 37.2 Å². The SMILES string of the molecule is Cc1ccccc1OCCCC(=O)NC(C)c1ncc[nH]1. The number of aromatic amines is 1. The molecule has 1 unspecified atom stereocenters. The minimum Gasteiger partial charge on any atom is -0.493 e. The minimum atomic E-state index is -0.107. The van der Waals surface area contributed by atoms with Crippen molar-refractivity contribution >= 4 is 5.91 Å². The van der Waals surface area contributed by atoms with E-state index in [1.807, 2.05) is 38.1 Å². The predicted molar refractivity (Wildman–Crippen MR) is 81.1 cm³/mol. The summed E-state index contributed by atoms with van der Waals surface area (Å²) in [6, 6.07) is 7.76. The van der Waals surface area contributed by atoms with Crippen LogP contribution in [0.4, 0.5) is 0 Å². The molecule has 5 heteroatoms. The van der Waals surface area contributed by atoms with Crippen molar-refractivity contribution in [3.8, 4) is 5.75 Å². The molecule has 0 aliphatic heterocycles. The highest BCUT2D eigenvalue weighted by molar-refractivity contribution is 5.76. The lowest BCUT2D eigenvalue weighted by Gasteiger charge is -2.12. The number of aromatic nitrogens is 2. The molecule has 1 aromatic heterocycles. The molecule has 2 N–H and O–H groups in total. The molecule has 0 bridgehead atoms.